The van der Waals surface area contributed by atoms with Gasteiger partial charge in [0.05, 0.1) is 20.3 Å². The van der Waals surface area contributed by atoms with E-state index in [1.165, 1.54) is 6.07 Å². The number of likely N-dealkylation sites (N-methyl/N-ethyl adjacent to an activating group) is 1. The van der Waals surface area contributed by atoms with Gasteiger partial charge in [-0.2, -0.15) is 0 Å². The fraction of sp³-hybridized carbons (Fsp3) is 0.394. The molecule has 0 aliphatic carbocycles. The smallest absolute Gasteiger partial charge is 0.179 e. The molecule has 0 bridgehead atoms. The van der Waals surface area contributed by atoms with Gasteiger partial charge < -0.3 is 20.1 Å². The summed E-state index contributed by atoms with van der Waals surface area (Å²) in [5.41, 5.74) is 2.66. The van der Waals surface area contributed by atoms with Gasteiger partial charge in [-0.05, 0) is 86.7 Å². The number of halogens is 1. The van der Waals surface area contributed by atoms with Gasteiger partial charge in [-0.25, -0.2) is 4.39 Å². The lowest BCUT2D eigenvalue weighted by molar-refractivity contribution is 0.0839. The van der Waals surface area contributed by atoms with Gasteiger partial charge in [0.1, 0.15) is 17.3 Å². The molecule has 0 spiro atoms. The third-order valence-corrected chi connectivity index (χ3v) is 8.16. The molecule has 4 atom stereocenters. The maximum absolute atomic E-state index is 14.7. The lowest BCUT2D eigenvalue weighted by Gasteiger charge is -2.39. The first kappa shape index (κ1) is 29.4. The van der Waals surface area contributed by atoms with Crippen LogP contribution in [-0.4, -0.2) is 52.0 Å². The molecule has 0 saturated carbocycles. The van der Waals surface area contributed by atoms with Gasteiger partial charge >= 0.3 is 0 Å². The minimum atomic E-state index is -0.357. The molecule has 1 aliphatic heterocycles. The van der Waals surface area contributed by atoms with E-state index in [1.54, 1.807) is 52.5 Å². The Kier molecular flexibility index (Phi) is 10.1. The summed E-state index contributed by atoms with van der Waals surface area (Å²) in [6, 6.07) is 19.2. The quantitative estimate of drug-likeness (QED) is 0.288. The highest BCUT2D eigenvalue weighted by Gasteiger charge is 2.39. The van der Waals surface area contributed by atoms with Crippen LogP contribution in [0.4, 0.5) is 4.39 Å². The number of carbonyl (C=O) groups is 2. The topological polar surface area (TPSA) is 76.7 Å². The highest BCUT2D eigenvalue weighted by atomic mass is 19.1. The Bertz CT molecular complexity index is 1330. The van der Waals surface area contributed by atoms with Gasteiger partial charge in [-0.3, -0.25) is 9.59 Å². The van der Waals surface area contributed by atoms with Gasteiger partial charge in [0, 0.05) is 23.6 Å². The van der Waals surface area contributed by atoms with Crippen LogP contribution < -0.4 is 20.1 Å². The molecule has 2 N–H and O–H groups in total. The van der Waals surface area contributed by atoms with Crippen LogP contribution in [0.25, 0.3) is 0 Å². The van der Waals surface area contributed by atoms with Crippen LogP contribution in [-0.2, 0) is 0 Å². The van der Waals surface area contributed by atoms with E-state index < -0.39 is 0 Å². The largest absolute Gasteiger partial charge is 0.497 e. The number of nitrogens with one attached hydrogen (secondary N) is 2. The standard InChI is InChI=1S/C33H39FN2O4/c1-21-27(14-8-15-29(21)34)31-24(19-36-20-28(31)32(37)22-9-5-12-25(17-22)39-3)11-7-16-30(35-2)33(38)23-10-6-13-26(18-23)40-4/h5-6,8-10,12-15,17-18,24,28,30-31,35-36H,7,11,16,19-20H2,1-4H3/t24-,28+,30?,31+/m0/s1. The molecule has 40 heavy (non-hydrogen) atoms. The lowest BCUT2D eigenvalue weighted by atomic mass is 9.69. The maximum atomic E-state index is 14.7. The van der Waals surface area contributed by atoms with Crippen LogP contribution in [0, 0.1) is 24.6 Å². The highest BCUT2D eigenvalue weighted by molar-refractivity contribution is 6.00. The zero-order valence-corrected chi connectivity index (χ0v) is 23.7. The van der Waals surface area contributed by atoms with Crippen molar-refractivity contribution in [1.29, 1.82) is 0 Å². The molecule has 3 aromatic rings. The molecule has 0 radical (unpaired) electrons. The van der Waals surface area contributed by atoms with Crippen molar-refractivity contribution in [2.75, 3.05) is 34.4 Å². The van der Waals surface area contributed by atoms with Gasteiger partial charge in [-0.15, -0.1) is 0 Å². The summed E-state index contributed by atoms with van der Waals surface area (Å²) in [6.45, 7) is 3.03. The number of methoxy groups -OCH3 is 2. The predicted molar refractivity (Wildman–Crippen MR) is 155 cm³/mol. The second-order valence-electron chi connectivity index (χ2n) is 10.5. The minimum Gasteiger partial charge on any atom is -0.497 e. The van der Waals surface area contributed by atoms with E-state index in [0.29, 0.717) is 41.2 Å². The van der Waals surface area contributed by atoms with E-state index in [0.717, 1.165) is 24.9 Å². The molecule has 4 rings (SSSR count). The molecule has 212 valence electrons. The van der Waals surface area contributed by atoms with E-state index in [1.807, 2.05) is 36.4 Å². The van der Waals surface area contributed by atoms with Gasteiger partial charge in [-0.1, -0.05) is 42.8 Å². The van der Waals surface area contributed by atoms with Crippen molar-refractivity contribution < 1.29 is 23.5 Å². The summed E-state index contributed by atoms with van der Waals surface area (Å²) < 4.78 is 25.4. The van der Waals surface area contributed by atoms with Crippen LogP contribution in [0.3, 0.4) is 0 Å². The van der Waals surface area contributed by atoms with Crippen LogP contribution in [0.2, 0.25) is 0 Å². The van der Waals surface area contributed by atoms with E-state index in [-0.39, 0.29) is 41.2 Å². The number of hydrogen-bond donors (Lipinski definition) is 2. The number of Topliss-reactive ketones (excluding diaryl/α,β-unsaturated/α-hetero) is 2. The Hall–Kier alpha value is -3.55. The van der Waals surface area contributed by atoms with Crippen LogP contribution in [0.5, 0.6) is 11.5 Å². The lowest BCUT2D eigenvalue weighted by Crippen LogP contribution is -2.46. The number of piperidine rings is 1. The predicted octanol–water partition coefficient (Wildman–Crippen LogP) is 5.59. The summed E-state index contributed by atoms with van der Waals surface area (Å²) in [6.07, 6.45) is 2.21. The minimum absolute atomic E-state index is 0.0195. The van der Waals surface area contributed by atoms with Crippen molar-refractivity contribution in [1.82, 2.24) is 10.6 Å². The molecular weight excluding hydrogens is 507 g/mol. The molecule has 1 aliphatic rings. The van der Waals surface area contributed by atoms with Crippen LogP contribution in [0.1, 0.15) is 57.0 Å². The highest BCUT2D eigenvalue weighted by Crippen LogP contribution is 2.41. The summed E-state index contributed by atoms with van der Waals surface area (Å²) >= 11 is 0. The number of hydrogen-bond acceptors (Lipinski definition) is 6. The Morgan fingerprint density at radius 1 is 0.975 bits per heavy atom. The Morgan fingerprint density at radius 3 is 2.30 bits per heavy atom. The van der Waals surface area contributed by atoms with E-state index in [9.17, 15) is 14.0 Å². The van der Waals surface area contributed by atoms with Crippen molar-refractivity contribution in [3.8, 4) is 11.5 Å². The normalized spacial score (nSPS) is 19.6. The second kappa shape index (κ2) is 13.7. The third-order valence-electron chi connectivity index (χ3n) is 8.16. The van der Waals surface area contributed by atoms with Crippen molar-refractivity contribution >= 4 is 11.6 Å². The maximum Gasteiger partial charge on any atom is 0.179 e. The Balaban J connectivity index is 1.55. The molecule has 0 aromatic heterocycles. The number of rotatable bonds is 12. The average Bonchev–Trinajstić information content (AvgIpc) is 3.00. The van der Waals surface area contributed by atoms with Crippen molar-refractivity contribution in [2.24, 2.45) is 11.8 Å². The van der Waals surface area contributed by atoms with Crippen molar-refractivity contribution in [3.63, 3.8) is 0 Å². The van der Waals surface area contributed by atoms with E-state index in [4.69, 9.17) is 9.47 Å². The van der Waals surface area contributed by atoms with E-state index >= 15 is 0 Å². The van der Waals surface area contributed by atoms with Crippen LogP contribution in [0.15, 0.2) is 66.7 Å². The zero-order chi connectivity index (χ0) is 28.6. The number of ether oxygens (including phenoxy) is 2. The van der Waals surface area contributed by atoms with Crippen molar-refractivity contribution in [3.05, 3.63) is 94.8 Å². The Labute approximate surface area is 236 Å². The van der Waals surface area contributed by atoms with Gasteiger partial charge in [0.2, 0.25) is 0 Å². The molecule has 1 unspecified atom stereocenters. The number of ketones is 2. The molecule has 6 nitrogen and oxygen atoms in total. The second-order valence-corrected chi connectivity index (χ2v) is 10.5. The van der Waals surface area contributed by atoms with Gasteiger partial charge in [0.15, 0.2) is 11.6 Å². The Morgan fingerprint density at radius 2 is 1.62 bits per heavy atom. The zero-order valence-electron chi connectivity index (χ0n) is 23.7. The molecule has 7 heteroatoms. The average molecular weight is 547 g/mol. The molecule has 1 heterocycles. The van der Waals surface area contributed by atoms with Crippen LogP contribution >= 0.6 is 0 Å². The molecular formula is C33H39FN2O4. The van der Waals surface area contributed by atoms with Gasteiger partial charge in [0.25, 0.3) is 0 Å². The third kappa shape index (κ3) is 6.60. The number of carbonyl (C=O) groups excluding carboxylic acids is 2. The molecule has 3 aromatic carbocycles. The first-order valence-electron chi connectivity index (χ1n) is 13.9. The fourth-order valence-electron chi connectivity index (χ4n) is 5.96. The summed E-state index contributed by atoms with van der Waals surface area (Å²) in [5.74, 6) is 0.637. The summed E-state index contributed by atoms with van der Waals surface area (Å²) in [7, 11) is 4.96. The van der Waals surface area contributed by atoms with Crippen molar-refractivity contribution in [2.45, 2.75) is 38.1 Å². The number of benzene rings is 3. The monoisotopic (exact) mass is 546 g/mol. The fourth-order valence-corrected chi connectivity index (χ4v) is 5.96. The summed E-state index contributed by atoms with van der Waals surface area (Å²) in [4.78, 5) is 27.1. The molecule has 1 saturated heterocycles. The van der Waals surface area contributed by atoms with E-state index in [2.05, 4.69) is 10.6 Å². The first-order chi connectivity index (χ1) is 19.4. The molecule has 0 amide bonds. The summed E-state index contributed by atoms with van der Waals surface area (Å²) in [5, 5.41) is 6.64. The molecule has 1 fully saturated rings. The SMILES string of the molecule is CNC(CCC[C@H]1CNC[C@@H](C(=O)c2cccc(OC)c2)[C@H]1c1cccc(F)c1C)C(=O)c1cccc(OC)c1. The first-order valence-corrected chi connectivity index (χ1v) is 13.9.